The van der Waals surface area contributed by atoms with E-state index >= 15 is 0 Å². The Hall–Kier alpha value is -0.850. The minimum atomic E-state index is 0. The minimum Gasteiger partial charge on any atom is -0.373 e. The summed E-state index contributed by atoms with van der Waals surface area (Å²) in [7, 11) is 0. The molecule has 4 unspecified atom stereocenters. The Labute approximate surface area is 181 Å². The molecular weight excluding hydrogens is 397 g/mol. The molecule has 0 radical (unpaired) electrons. The van der Waals surface area contributed by atoms with Crippen molar-refractivity contribution in [3.63, 3.8) is 0 Å². The molecule has 1 amide bonds. The van der Waals surface area contributed by atoms with Gasteiger partial charge in [-0.2, -0.15) is 0 Å². The van der Waals surface area contributed by atoms with Crippen molar-refractivity contribution in [3.8, 4) is 0 Å². The smallest absolute Gasteiger partial charge is 0.253 e. The molecule has 2 saturated heterocycles. The van der Waals surface area contributed by atoms with Gasteiger partial charge in [-0.05, 0) is 57.2 Å². The van der Waals surface area contributed by atoms with Crippen LogP contribution in [0.2, 0.25) is 0 Å². The number of carbonyl (C=O) groups is 1. The van der Waals surface area contributed by atoms with E-state index in [1.165, 1.54) is 5.56 Å². The third-order valence-corrected chi connectivity index (χ3v) is 5.59. The summed E-state index contributed by atoms with van der Waals surface area (Å²) in [5.41, 5.74) is 8.07. The maximum atomic E-state index is 12.8. The highest BCUT2D eigenvalue weighted by atomic mass is 35.5. The lowest BCUT2D eigenvalue weighted by atomic mass is 9.92. The molecule has 2 fully saturated rings. The fraction of sp³-hybridized carbons (Fsp3) is 0.667. The third-order valence-electron chi connectivity index (χ3n) is 5.59. The van der Waals surface area contributed by atoms with Gasteiger partial charge < -0.3 is 15.4 Å². The number of nitrogens with zero attached hydrogens (tertiary/aromatic N) is 2. The number of halogens is 2. The zero-order chi connectivity index (χ0) is 18.7. The first-order chi connectivity index (χ1) is 12.4. The Kier molecular flexibility index (Phi) is 10.2. The molecule has 0 saturated carbocycles. The zero-order valence-electron chi connectivity index (χ0n) is 17.2. The predicted molar refractivity (Wildman–Crippen MR) is 119 cm³/mol. The van der Waals surface area contributed by atoms with Crippen molar-refractivity contribution in [2.75, 3.05) is 26.2 Å². The topological polar surface area (TPSA) is 58.8 Å². The van der Waals surface area contributed by atoms with Gasteiger partial charge in [-0.1, -0.05) is 12.1 Å². The number of ether oxygens (including phenoxy) is 1. The highest BCUT2D eigenvalue weighted by Crippen LogP contribution is 2.21. The van der Waals surface area contributed by atoms with E-state index in [1.807, 2.05) is 24.0 Å². The molecule has 1 aromatic carbocycles. The fourth-order valence-corrected chi connectivity index (χ4v) is 4.23. The number of amides is 1. The molecule has 0 spiro atoms. The van der Waals surface area contributed by atoms with Gasteiger partial charge in [0.05, 0.1) is 12.2 Å². The molecule has 2 N–H and O–H groups in total. The lowest BCUT2D eigenvalue weighted by molar-refractivity contribution is -0.0704. The van der Waals surface area contributed by atoms with Crippen LogP contribution in [-0.2, 0) is 11.3 Å². The number of benzene rings is 1. The average molecular weight is 432 g/mol. The second-order valence-electron chi connectivity index (χ2n) is 8.16. The number of hydrogen-bond acceptors (Lipinski definition) is 4. The summed E-state index contributed by atoms with van der Waals surface area (Å²) in [6.45, 7) is 10.7. The van der Waals surface area contributed by atoms with Crippen molar-refractivity contribution in [1.82, 2.24) is 9.80 Å². The number of morpholine rings is 1. The summed E-state index contributed by atoms with van der Waals surface area (Å²) in [4.78, 5) is 17.2. The van der Waals surface area contributed by atoms with Crippen molar-refractivity contribution in [1.29, 1.82) is 0 Å². The Bertz CT molecular complexity index is 602. The van der Waals surface area contributed by atoms with E-state index in [0.717, 1.165) is 51.1 Å². The van der Waals surface area contributed by atoms with Crippen LogP contribution in [-0.4, -0.2) is 60.1 Å². The van der Waals surface area contributed by atoms with E-state index in [9.17, 15) is 4.79 Å². The normalized spacial score (nSPS) is 26.7. The van der Waals surface area contributed by atoms with Gasteiger partial charge in [0.2, 0.25) is 0 Å². The van der Waals surface area contributed by atoms with Crippen LogP contribution in [0.15, 0.2) is 24.3 Å². The maximum absolute atomic E-state index is 12.8. The van der Waals surface area contributed by atoms with Crippen molar-refractivity contribution >= 4 is 30.7 Å². The second-order valence-corrected chi connectivity index (χ2v) is 8.16. The number of nitrogens with two attached hydrogens (primary N) is 1. The zero-order valence-corrected chi connectivity index (χ0v) is 18.8. The first kappa shape index (κ1) is 25.2. The molecule has 2 aliphatic heterocycles. The van der Waals surface area contributed by atoms with E-state index in [4.69, 9.17) is 10.5 Å². The van der Waals surface area contributed by atoms with Gasteiger partial charge in [0.1, 0.15) is 0 Å². The van der Waals surface area contributed by atoms with Gasteiger partial charge in [0.15, 0.2) is 0 Å². The van der Waals surface area contributed by atoms with Crippen LogP contribution in [0.5, 0.6) is 0 Å². The largest absolute Gasteiger partial charge is 0.373 e. The molecule has 0 bridgehead atoms. The molecule has 28 heavy (non-hydrogen) atoms. The van der Waals surface area contributed by atoms with E-state index in [0.29, 0.717) is 5.92 Å². The van der Waals surface area contributed by atoms with Crippen LogP contribution in [0.25, 0.3) is 0 Å². The minimum absolute atomic E-state index is 0. The second kappa shape index (κ2) is 11.4. The number of rotatable bonds is 4. The van der Waals surface area contributed by atoms with E-state index in [2.05, 4.69) is 30.9 Å². The summed E-state index contributed by atoms with van der Waals surface area (Å²) in [5, 5.41) is 0. The Morgan fingerprint density at radius 1 is 1.14 bits per heavy atom. The molecule has 0 aliphatic carbocycles. The van der Waals surface area contributed by atoms with Crippen molar-refractivity contribution < 1.29 is 9.53 Å². The Morgan fingerprint density at radius 3 is 2.32 bits per heavy atom. The molecule has 5 nitrogen and oxygen atoms in total. The van der Waals surface area contributed by atoms with Crippen molar-refractivity contribution in [3.05, 3.63) is 35.4 Å². The molecule has 7 heteroatoms. The van der Waals surface area contributed by atoms with Crippen molar-refractivity contribution in [2.45, 2.75) is 58.4 Å². The quantitative estimate of drug-likeness (QED) is 0.793. The van der Waals surface area contributed by atoms with Gasteiger partial charge in [-0.25, -0.2) is 0 Å². The van der Waals surface area contributed by atoms with Gasteiger partial charge in [-0.3, -0.25) is 9.69 Å². The molecule has 4 atom stereocenters. The number of hydrogen-bond donors (Lipinski definition) is 1. The number of likely N-dealkylation sites (tertiary alicyclic amines) is 1. The summed E-state index contributed by atoms with van der Waals surface area (Å²) < 4.78 is 5.80. The van der Waals surface area contributed by atoms with Gasteiger partial charge >= 0.3 is 0 Å². The lowest BCUT2D eigenvalue weighted by Crippen LogP contribution is -2.45. The Morgan fingerprint density at radius 2 is 1.75 bits per heavy atom. The SMILES string of the molecule is CC1CN(Cc2ccc(C(=O)N3CCCC(C(C)N)C3)cc2)CC(C)O1.Cl.Cl. The van der Waals surface area contributed by atoms with Gasteiger partial charge in [0, 0.05) is 44.3 Å². The van der Waals surface area contributed by atoms with Crippen LogP contribution in [0.3, 0.4) is 0 Å². The first-order valence-electron chi connectivity index (χ1n) is 9.94. The van der Waals surface area contributed by atoms with E-state index in [1.54, 1.807) is 0 Å². The molecule has 1 aromatic rings. The van der Waals surface area contributed by atoms with Crippen LogP contribution < -0.4 is 5.73 Å². The van der Waals surface area contributed by atoms with E-state index in [-0.39, 0.29) is 49.0 Å². The summed E-state index contributed by atoms with van der Waals surface area (Å²) in [6, 6.07) is 8.27. The van der Waals surface area contributed by atoms with Crippen LogP contribution >= 0.6 is 24.8 Å². The van der Waals surface area contributed by atoms with Gasteiger partial charge in [0.25, 0.3) is 5.91 Å². The predicted octanol–water partition coefficient (Wildman–Crippen LogP) is 3.34. The van der Waals surface area contributed by atoms with Gasteiger partial charge in [-0.15, -0.1) is 24.8 Å². The molecule has 0 aromatic heterocycles. The summed E-state index contributed by atoms with van der Waals surface area (Å²) >= 11 is 0. The molecule has 3 rings (SSSR count). The monoisotopic (exact) mass is 431 g/mol. The highest BCUT2D eigenvalue weighted by molar-refractivity contribution is 5.94. The van der Waals surface area contributed by atoms with Crippen LogP contribution in [0.4, 0.5) is 0 Å². The number of piperidine rings is 1. The molecule has 2 heterocycles. The molecule has 2 aliphatic rings. The lowest BCUT2D eigenvalue weighted by Gasteiger charge is -2.35. The number of carbonyl (C=O) groups excluding carboxylic acids is 1. The van der Waals surface area contributed by atoms with Crippen LogP contribution in [0, 0.1) is 5.92 Å². The van der Waals surface area contributed by atoms with Crippen LogP contribution in [0.1, 0.15) is 49.5 Å². The van der Waals surface area contributed by atoms with E-state index < -0.39 is 0 Å². The fourth-order valence-electron chi connectivity index (χ4n) is 4.23. The standard InChI is InChI=1S/C21H33N3O2.2ClH/c1-15-11-23(12-16(2)26-15)13-18-6-8-19(9-7-18)21(25)24-10-4-5-20(14-24)17(3)22;;/h6-9,15-17,20H,4-5,10-14,22H2,1-3H3;2*1H. The van der Waals surface area contributed by atoms with Crippen molar-refractivity contribution in [2.24, 2.45) is 11.7 Å². The highest BCUT2D eigenvalue weighted by Gasteiger charge is 2.26. The summed E-state index contributed by atoms with van der Waals surface area (Å²) in [5.74, 6) is 0.549. The molecular formula is C21H35Cl2N3O2. The molecule has 160 valence electrons. The first-order valence-corrected chi connectivity index (χ1v) is 9.94. The summed E-state index contributed by atoms with van der Waals surface area (Å²) in [6.07, 6.45) is 2.72. The Balaban J connectivity index is 0.00000196. The average Bonchev–Trinajstić information content (AvgIpc) is 2.61. The third kappa shape index (κ3) is 6.60. The maximum Gasteiger partial charge on any atom is 0.253 e.